The van der Waals surface area contributed by atoms with Gasteiger partial charge in [-0.15, -0.1) is 0 Å². The Morgan fingerprint density at radius 3 is 2.91 bits per heavy atom. The van der Waals surface area contributed by atoms with Crippen LogP contribution in [-0.2, 0) is 16.1 Å². The number of hydrogen-bond donors (Lipinski definition) is 3. The van der Waals surface area contributed by atoms with Crippen LogP contribution in [-0.4, -0.2) is 24.9 Å². The molecule has 1 fully saturated rings. The minimum atomic E-state index is -0.0962. The Kier molecular flexibility index (Phi) is 6.59. The number of rotatable bonds is 6. The molecular formula is C18H27N3O2. The third kappa shape index (κ3) is 6.02. The highest BCUT2D eigenvalue weighted by atomic mass is 16.2. The Morgan fingerprint density at radius 1 is 1.39 bits per heavy atom. The molecule has 5 nitrogen and oxygen atoms in total. The Morgan fingerprint density at radius 2 is 2.22 bits per heavy atom. The highest BCUT2D eigenvalue weighted by Crippen LogP contribution is 2.22. The predicted octanol–water partition coefficient (Wildman–Crippen LogP) is 2.29. The number of carbonyl (C=O) groups is 2. The van der Waals surface area contributed by atoms with E-state index in [4.69, 9.17) is 0 Å². The zero-order chi connectivity index (χ0) is 16.7. The molecule has 2 amide bonds. The summed E-state index contributed by atoms with van der Waals surface area (Å²) in [6.07, 6.45) is 2.98. The molecule has 2 atom stereocenters. The van der Waals surface area contributed by atoms with E-state index in [1.54, 1.807) is 0 Å². The molecule has 1 saturated heterocycles. The normalized spacial score (nSPS) is 19.0. The average Bonchev–Trinajstić information content (AvgIpc) is 2.53. The largest absolute Gasteiger partial charge is 0.352 e. The Balaban J connectivity index is 1.78. The van der Waals surface area contributed by atoms with Crippen molar-refractivity contribution in [2.75, 3.05) is 18.4 Å². The lowest BCUT2D eigenvalue weighted by Crippen LogP contribution is -2.35. The standard InChI is InChI=1S/C18H27N3O2/c1-13(16-6-4-8-19-12-16)9-18(23)20-11-15-5-3-7-17(10-15)21-14(2)22/h3,5,7,10,13,16,19H,4,6,8-9,11-12H2,1-2H3,(H,20,23)(H,21,22). The van der Waals surface area contributed by atoms with Gasteiger partial charge >= 0.3 is 0 Å². The molecule has 3 N–H and O–H groups in total. The lowest BCUT2D eigenvalue weighted by atomic mass is 9.85. The highest BCUT2D eigenvalue weighted by molar-refractivity contribution is 5.88. The van der Waals surface area contributed by atoms with Gasteiger partial charge < -0.3 is 16.0 Å². The fourth-order valence-corrected chi connectivity index (χ4v) is 3.06. The summed E-state index contributed by atoms with van der Waals surface area (Å²) in [5.74, 6) is 0.986. The van der Waals surface area contributed by atoms with Crippen LogP contribution in [0.15, 0.2) is 24.3 Å². The molecule has 1 aliphatic heterocycles. The van der Waals surface area contributed by atoms with Crippen LogP contribution in [0.3, 0.4) is 0 Å². The zero-order valence-electron chi connectivity index (χ0n) is 14.0. The summed E-state index contributed by atoms with van der Waals surface area (Å²) in [7, 11) is 0. The predicted molar refractivity (Wildman–Crippen MR) is 92.0 cm³/mol. The van der Waals surface area contributed by atoms with E-state index in [9.17, 15) is 9.59 Å². The molecule has 23 heavy (non-hydrogen) atoms. The SMILES string of the molecule is CC(=O)Nc1cccc(CNC(=O)CC(C)C2CCCNC2)c1. The van der Waals surface area contributed by atoms with E-state index in [0.717, 1.165) is 24.3 Å². The van der Waals surface area contributed by atoms with Crippen molar-refractivity contribution in [1.29, 1.82) is 0 Å². The second-order valence-corrected chi connectivity index (χ2v) is 6.45. The maximum Gasteiger partial charge on any atom is 0.221 e. The Hall–Kier alpha value is -1.88. The first-order valence-corrected chi connectivity index (χ1v) is 8.38. The van der Waals surface area contributed by atoms with Crippen LogP contribution in [0, 0.1) is 11.8 Å². The quantitative estimate of drug-likeness (QED) is 0.754. The number of piperidine rings is 1. The maximum absolute atomic E-state index is 12.1. The van der Waals surface area contributed by atoms with Crippen molar-refractivity contribution in [3.05, 3.63) is 29.8 Å². The molecule has 126 valence electrons. The van der Waals surface area contributed by atoms with Gasteiger partial charge in [0.2, 0.25) is 11.8 Å². The zero-order valence-corrected chi connectivity index (χ0v) is 14.0. The van der Waals surface area contributed by atoms with Gasteiger partial charge in [0.25, 0.3) is 0 Å². The lowest BCUT2D eigenvalue weighted by molar-refractivity contribution is -0.122. The number of amides is 2. The summed E-state index contributed by atoms with van der Waals surface area (Å²) in [5, 5.41) is 9.13. The molecule has 1 aromatic carbocycles. The molecule has 1 aromatic rings. The van der Waals surface area contributed by atoms with Crippen LogP contribution in [0.4, 0.5) is 5.69 Å². The first kappa shape index (κ1) is 17.5. The van der Waals surface area contributed by atoms with Crippen molar-refractivity contribution < 1.29 is 9.59 Å². The second kappa shape index (κ2) is 8.67. The number of nitrogens with one attached hydrogen (secondary N) is 3. The fraction of sp³-hybridized carbons (Fsp3) is 0.556. The van der Waals surface area contributed by atoms with Crippen LogP contribution < -0.4 is 16.0 Å². The number of hydrogen-bond acceptors (Lipinski definition) is 3. The van der Waals surface area contributed by atoms with Gasteiger partial charge in [-0.3, -0.25) is 9.59 Å². The molecule has 0 spiro atoms. The molecule has 1 heterocycles. The second-order valence-electron chi connectivity index (χ2n) is 6.45. The molecule has 0 bridgehead atoms. The summed E-state index contributed by atoms with van der Waals surface area (Å²) in [4.78, 5) is 23.2. The van der Waals surface area contributed by atoms with Gasteiger partial charge in [0.1, 0.15) is 0 Å². The number of carbonyl (C=O) groups excluding carboxylic acids is 2. The van der Waals surface area contributed by atoms with Gasteiger partial charge in [-0.2, -0.15) is 0 Å². The maximum atomic E-state index is 12.1. The van der Waals surface area contributed by atoms with E-state index >= 15 is 0 Å². The van der Waals surface area contributed by atoms with Crippen molar-refractivity contribution in [1.82, 2.24) is 10.6 Å². The molecule has 2 unspecified atom stereocenters. The van der Waals surface area contributed by atoms with E-state index < -0.39 is 0 Å². The monoisotopic (exact) mass is 317 g/mol. The van der Waals surface area contributed by atoms with Crippen LogP contribution in [0.1, 0.15) is 38.7 Å². The van der Waals surface area contributed by atoms with Gasteiger partial charge in [0, 0.05) is 25.6 Å². The minimum absolute atomic E-state index is 0.0907. The van der Waals surface area contributed by atoms with Crippen molar-refractivity contribution >= 4 is 17.5 Å². The molecule has 5 heteroatoms. The highest BCUT2D eigenvalue weighted by Gasteiger charge is 2.21. The van der Waals surface area contributed by atoms with E-state index in [-0.39, 0.29) is 11.8 Å². The smallest absolute Gasteiger partial charge is 0.221 e. The van der Waals surface area contributed by atoms with E-state index in [1.165, 1.54) is 19.8 Å². The van der Waals surface area contributed by atoms with Gasteiger partial charge in [-0.05, 0) is 55.5 Å². The molecule has 0 aliphatic carbocycles. The van der Waals surface area contributed by atoms with Crippen molar-refractivity contribution in [3.8, 4) is 0 Å². The fourth-order valence-electron chi connectivity index (χ4n) is 3.06. The lowest BCUT2D eigenvalue weighted by Gasteiger charge is -2.28. The average molecular weight is 317 g/mol. The van der Waals surface area contributed by atoms with Crippen LogP contribution in [0.2, 0.25) is 0 Å². The molecule has 2 rings (SSSR count). The molecule has 0 radical (unpaired) electrons. The van der Waals surface area contributed by atoms with E-state index in [1.807, 2.05) is 24.3 Å². The summed E-state index contributed by atoms with van der Waals surface area (Å²) >= 11 is 0. The summed E-state index contributed by atoms with van der Waals surface area (Å²) < 4.78 is 0. The third-order valence-corrected chi connectivity index (χ3v) is 4.38. The summed E-state index contributed by atoms with van der Waals surface area (Å²) in [6, 6.07) is 7.55. The Labute approximate surface area is 138 Å². The minimum Gasteiger partial charge on any atom is -0.352 e. The molecule has 0 aromatic heterocycles. The first-order valence-electron chi connectivity index (χ1n) is 8.38. The molecule has 0 saturated carbocycles. The van der Waals surface area contributed by atoms with Crippen LogP contribution >= 0.6 is 0 Å². The van der Waals surface area contributed by atoms with Gasteiger partial charge in [0.15, 0.2) is 0 Å². The van der Waals surface area contributed by atoms with Crippen molar-refractivity contribution in [2.45, 2.75) is 39.7 Å². The van der Waals surface area contributed by atoms with Crippen LogP contribution in [0.25, 0.3) is 0 Å². The van der Waals surface area contributed by atoms with Crippen molar-refractivity contribution in [2.24, 2.45) is 11.8 Å². The third-order valence-electron chi connectivity index (χ3n) is 4.38. The summed E-state index contributed by atoms with van der Waals surface area (Å²) in [5.41, 5.74) is 1.74. The van der Waals surface area contributed by atoms with Crippen LogP contribution in [0.5, 0.6) is 0 Å². The van der Waals surface area contributed by atoms with Gasteiger partial charge in [0.05, 0.1) is 0 Å². The van der Waals surface area contributed by atoms with Gasteiger partial charge in [-0.1, -0.05) is 19.1 Å². The summed E-state index contributed by atoms with van der Waals surface area (Å²) in [6.45, 7) is 6.25. The molecule has 1 aliphatic rings. The Bertz CT molecular complexity index is 539. The molecular weight excluding hydrogens is 290 g/mol. The number of anilines is 1. The van der Waals surface area contributed by atoms with E-state index in [2.05, 4.69) is 22.9 Å². The first-order chi connectivity index (χ1) is 11.0. The topological polar surface area (TPSA) is 70.2 Å². The van der Waals surface area contributed by atoms with Crippen molar-refractivity contribution in [3.63, 3.8) is 0 Å². The van der Waals surface area contributed by atoms with E-state index in [0.29, 0.717) is 24.8 Å². The van der Waals surface area contributed by atoms with Gasteiger partial charge in [-0.25, -0.2) is 0 Å². The number of benzene rings is 1.